The number of rotatable bonds is 5. The van der Waals surface area contributed by atoms with E-state index in [4.69, 9.17) is 4.52 Å². The first-order valence-electron chi connectivity index (χ1n) is 8.52. The van der Waals surface area contributed by atoms with Crippen molar-refractivity contribution in [1.29, 1.82) is 0 Å². The van der Waals surface area contributed by atoms with Gasteiger partial charge in [0.05, 0.1) is 18.1 Å². The molecule has 2 rings (SSSR count). The number of nitrogens with one attached hydrogen (secondary N) is 2. The number of hydrogen-bond acceptors (Lipinski definition) is 4. The van der Waals surface area contributed by atoms with Gasteiger partial charge in [0.25, 0.3) is 0 Å². The molecule has 0 aliphatic rings. The Kier molecular flexibility index (Phi) is 5.55. The SMILES string of the molecule is CC(C)(C)Cc1cc(NC(=O)N[C@@H](Cn2ccnc2)C(C)(C)C)on1. The fraction of sp³-hybridized carbons (Fsp3) is 0.611. The third-order valence-corrected chi connectivity index (χ3v) is 3.81. The number of aromatic nitrogens is 3. The van der Waals surface area contributed by atoms with Gasteiger partial charge in [-0.05, 0) is 17.3 Å². The van der Waals surface area contributed by atoms with Gasteiger partial charge in [-0.2, -0.15) is 0 Å². The molecule has 0 saturated heterocycles. The third kappa shape index (κ3) is 6.25. The summed E-state index contributed by atoms with van der Waals surface area (Å²) in [4.78, 5) is 16.4. The van der Waals surface area contributed by atoms with Gasteiger partial charge in [0, 0.05) is 25.0 Å². The molecule has 0 fully saturated rings. The Morgan fingerprint density at radius 3 is 2.56 bits per heavy atom. The van der Waals surface area contributed by atoms with Crippen molar-refractivity contribution in [2.75, 3.05) is 5.32 Å². The molecule has 0 aromatic carbocycles. The molecule has 138 valence electrons. The summed E-state index contributed by atoms with van der Waals surface area (Å²) in [7, 11) is 0. The largest absolute Gasteiger partial charge is 0.338 e. The predicted molar refractivity (Wildman–Crippen MR) is 97.3 cm³/mol. The molecule has 0 bridgehead atoms. The van der Waals surface area contributed by atoms with Crippen LogP contribution < -0.4 is 10.6 Å². The number of urea groups is 1. The molecule has 2 aromatic heterocycles. The standard InChI is InChI=1S/C18H29N5O2/c1-17(2,3)10-13-9-15(25-22-13)21-16(24)20-14(18(4,5)6)11-23-8-7-19-12-23/h7-9,12,14H,10-11H2,1-6H3,(H2,20,21,24)/t14-/m0/s1. The van der Waals surface area contributed by atoms with Crippen LogP contribution in [0.2, 0.25) is 0 Å². The Hall–Kier alpha value is -2.31. The number of anilines is 1. The van der Waals surface area contributed by atoms with Gasteiger partial charge in [0.1, 0.15) is 0 Å². The molecule has 25 heavy (non-hydrogen) atoms. The maximum absolute atomic E-state index is 12.4. The van der Waals surface area contributed by atoms with Gasteiger partial charge in [-0.1, -0.05) is 46.7 Å². The molecular formula is C18H29N5O2. The van der Waals surface area contributed by atoms with Crippen LogP contribution in [0.15, 0.2) is 29.3 Å². The Labute approximate surface area is 149 Å². The molecule has 0 saturated carbocycles. The first-order chi connectivity index (χ1) is 11.5. The highest BCUT2D eigenvalue weighted by Gasteiger charge is 2.27. The summed E-state index contributed by atoms with van der Waals surface area (Å²) in [5.74, 6) is 0.354. The van der Waals surface area contributed by atoms with E-state index in [0.29, 0.717) is 12.4 Å². The average Bonchev–Trinajstić information content (AvgIpc) is 3.07. The van der Waals surface area contributed by atoms with E-state index < -0.39 is 0 Å². The van der Waals surface area contributed by atoms with E-state index in [1.165, 1.54) is 0 Å². The molecule has 0 unspecified atom stereocenters. The van der Waals surface area contributed by atoms with Gasteiger partial charge < -0.3 is 14.4 Å². The molecule has 7 nitrogen and oxygen atoms in total. The lowest BCUT2D eigenvalue weighted by Crippen LogP contribution is -2.47. The van der Waals surface area contributed by atoms with Gasteiger partial charge in [-0.15, -0.1) is 0 Å². The van der Waals surface area contributed by atoms with Crippen LogP contribution >= 0.6 is 0 Å². The van der Waals surface area contributed by atoms with Crippen molar-refractivity contribution in [3.05, 3.63) is 30.5 Å². The summed E-state index contributed by atoms with van der Waals surface area (Å²) in [6.45, 7) is 13.3. The number of imidazole rings is 1. The lowest BCUT2D eigenvalue weighted by Gasteiger charge is -2.31. The van der Waals surface area contributed by atoms with E-state index in [1.54, 1.807) is 18.6 Å². The first-order valence-corrected chi connectivity index (χ1v) is 8.52. The van der Waals surface area contributed by atoms with Crippen molar-refractivity contribution in [2.24, 2.45) is 10.8 Å². The van der Waals surface area contributed by atoms with Crippen molar-refractivity contribution in [3.63, 3.8) is 0 Å². The minimum Gasteiger partial charge on any atom is -0.338 e. The van der Waals surface area contributed by atoms with Crippen LogP contribution in [0.1, 0.15) is 47.2 Å². The highest BCUT2D eigenvalue weighted by molar-refractivity contribution is 5.88. The predicted octanol–water partition coefficient (Wildman–Crippen LogP) is 3.70. The fourth-order valence-corrected chi connectivity index (χ4v) is 2.45. The Morgan fingerprint density at radius 2 is 2.00 bits per heavy atom. The van der Waals surface area contributed by atoms with Gasteiger partial charge in [-0.3, -0.25) is 5.32 Å². The molecule has 2 amide bonds. The van der Waals surface area contributed by atoms with E-state index in [9.17, 15) is 4.79 Å². The lowest BCUT2D eigenvalue weighted by atomic mass is 9.86. The third-order valence-electron chi connectivity index (χ3n) is 3.81. The Balaban J connectivity index is 1.97. The maximum Gasteiger partial charge on any atom is 0.321 e. The highest BCUT2D eigenvalue weighted by Crippen LogP contribution is 2.23. The van der Waals surface area contributed by atoms with E-state index in [0.717, 1.165) is 12.1 Å². The second-order valence-electron chi connectivity index (χ2n) is 8.70. The minimum absolute atomic E-state index is 0.0707. The molecule has 2 heterocycles. The Morgan fingerprint density at radius 1 is 1.28 bits per heavy atom. The van der Waals surface area contributed by atoms with E-state index >= 15 is 0 Å². The van der Waals surface area contributed by atoms with Crippen LogP contribution in [0.25, 0.3) is 0 Å². The molecule has 2 aromatic rings. The molecule has 0 aliphatic carbocycles. The van der Waals surface area contributed by atoms with E-state index in [1.807, 2.05) is 10.8 Å². The zero-order valence-corrected chi connectivity index (χ0v) is 16.0. The second-order valence-corrected chi connectivity index (χ2v) is 8.70. The van der Waals surface area contributed by atoms with Crippen LogP contribution in [0.4, 0.5) is 10.7 Å². The quantitative estimate of drug-likeness (QED) is 0.864. The van der Waals surface area contributed by atoms with Gasteiger partial charge in [-0.25, -0.2) is 9.78 Å². The minimum atomic E-state index is -0.307. The zero-order valence-electron chi connectivity index (χ0n) is 16.0. The molecule has 2 N–H and O–H groups in total. The van der Waals surface area contributed by atoms with Crippen LogP contribution in [-0.2, 0) is 13.0 Å². The summed E-state index contributed by atoms with van der Waals surface area (Å²) < 4.78 is 7.17. The van der Waals surface area contributed by atoms with Crippen LogP contribution in [0.5, 0.6) is 0 Å². The molecule has 1 atom stereocenters. The summed E-state index contributed by atoms with van der Waals surface area (Å²) >= 11 is 0. The topological polar surface area (TPSA) is 85.0 Å². The molecule has 7 heteroatoms. The van der Waals surface area contributed by atoms with Crippen molar-refractivity contribution in [1.82, 2.24) is 20.0 Å². The van der Waals surface area contributed by atoms with Crippen molar-refractivity contribution in [2.45, 2.75) is 60.5 Å². The number of carbonyl (C=O) groups is 1. The maximum atomic E-state index is 12.4. The first kappa shape index (κ1) is 19.0. The molecule has 0 aliphatic heterocycles. The van der Waals surface area contributed by atoms with E-state index in [2.05, 4.69) is 62.3 Å². The van der Waals surface area contributed by atoms with Crippen molar-refractivity contribution < 1.29 is 9.32 Å². The highest BCUT2D eigenvalue weighted by atomic mass is 16.5. The van der Waals surface area contributed by atoms with Crippen LogP contribution in [0, 0.1) is 10.8 Å². The van der Waals surface area contributed by atoms with E-state index in [-0.39, 0.29) is 22.9 Å². The van der Waals surface area contributed by atoms with Crippen LogP contribution in [0.3, 0.4) is 0 Å². The smallest absolute Gasteiger partial charge is 0.321 e. The number of carbonyl (C=O) groups excluding carboxylic acids is 1. The summed E-state index contributed by atoms with van der Waals surface area (Å²) in [5, 5.41) is 9.75. The van der Waals surface area contributed by atoms with Gasteiger partial charge in [0.2, 0.25) is 5.88 Å². The number of hydrogen-bond donors (Lipinski definition) is 2. The van der Waals surface area contributed by atoms with Gasteiger partial charge >= 0.3 is 6.03 Å². The second kappa shape index (κ2) is 7.29. The number of amides is 2. The average molecular weight is 347 g/mol. The Bertz CT molecular complexity index is 677. The summed E-state index contributed by atoms with van der Waals surface area (Å²) in [5.41, 5.74) is 0.826. The lowest BCUT2D eigenvalue weighted by molar-refractivity contribution is 0.218. The normalized spacial score (nSPS) is 13.5. The van der Waals surface area contributed by atoms with Crippen LogP contribution in [-0.4, -0.2) is 26.8 Å². The monoisotopic (exact) mass is 347 g/mol. The van der Waals surface area contributed by atoms with Crippen molar-refractivity contribution >= 4 is 11.9 Å². The number of nitrogens with zero attached hydrogens (tertiary/aromatic N) is 3. The molecule has 0 spiro atoms. The fourth-order valence-electron chi connectivity index (χ4n) is 2.45. The molecular weight excluding hydrogens is 318 g/mol. The molecule has 0 radical (unpaired) electrons. The zero-order chi connectivity index (χ0) is 18.7. The summed E-state index contributed by atoms with van der Waals surface area (Å²) in [6.07, 6.45) is 6.14. The summed E-state index contributed by atoms with van der Waals surface area (Å²) in [6, 6.07) is 1.39. The van der Waals surface area contributed by atoms with Gasteiger partial charge in [0.15, 0.2) is 0 Å². The van der Waals surface area contributed by atoms with Crippen molar-refractivity contribution in [3.8, 4) is 0 Å².